The number of rotatable bonds is 10. The summed E-state index contributed by atoms with van der Waals surface area (Å²) in [5, 5.41) is 3.40. The van der Waals surface area contributed by atoms with E-state index in [1.54, 1.807) is 48.5 Å². The highest BCUT2D eigenvalue weighted by Crippen LogP contribution is 2.28. The van der Waals surface area contributed by atoms with Crippen molar-refractivity contribution in [3.63, 3.8) is 0 Å². The lowest BCUT2D eigenvalue weighted by Crippen LogP contribution is -2.40. The predicted octanol–water partition coefficient (Wildman–Crippen LogP) is 5.28. The van der Waals surface area contributed by atoms with Gasteiger partial charge in [0.2, 0.25) is 15.9 Å². The van der Waals surface area contributed by atoms with Gasteiger partial charge in [-0.1, -0.05) is 51.3 Å². The molecule has 0 fully saturated rings. The van der Waals surface area contributed by atoms with Gasteiger partial charge in [-0.3, -0.25) is 4.79 Å². The Labute approximate surface area is 223 Å². The molecule has 0 aliphatic carbocycles. The molecule has 0 saturated carbocycles. The maximum Gasteiger partial charge on any atom is 0.243 e. The van der Waals surface area contributed by atoms with Gasteiger partial charge in [0.25, 0.3) is 0 Å². The number of ether oxygens (including phenoxy) is 2. The Morgan fingerprint density at radius 1 is 0.971 bits per heavy atom. The summed E-state index contributed by atoms with van der Waals surface area (Å²) in [5.41, 5.74) is 1.22. The second-order valence-electron chi connectivity index (χ2n) is 7.39. The smallest absolute Gasteiger partial charge is 0.243 e. The fraction of sp³-hybridized carbons (Fsp3) is 0.208. The molecule has 1 N–H and O–H groups in total. The molecule has 186 valence electrons. The van der Waals surface area contributed by atoms with Crippen molar-refractivity contribution in [3.05, 3.63) is 86.3 Å². The average molecular weight is 602 g/mol. The zero-order valence-electron chi connectivity index (χ0n) is 18.9. The molecule has 0 aromatic heterocycles. The van der Waals surface area contributed by atoms with Crippen LogP contribution in [0.3, 0.4) is 0 Å². The lowest BCUT2D eigenvalue weighted by Gasteiger charge is -2.22. The molecule has 0 aliphatic rings. The third-order valence-corrected chi connectivity index (χ3v) is 8.18. The number of carbonyl (C=O) groups excluding carboxylic acids is 1. The van der Waals surface area contributed by atoms with Crippen LogP contribution in [0.1, 0.15) is 11.1 Å². The monoisotopic (exact) mass is 600 g/mol. The molecule has 0 bridgehead atoms. The van der Waals surface area contributed by atoms with Crippen LogP contribution >= 0.6 is 39.1 Å². The van der Waals surface area contributed by atoms with Crippen molar-refractivity contribution in [3.8, 4) is 11.5 Å². The predicted molar refractivity (Wildman–Crippen MR) is 140 cm³/mol. The van der Waals surface area contributed by atoms with Gasteiger partial charge >= 0.3 is 0 Å². The molecule has 3 rings (SSSR count). The van der Waals surface area contributed by atoms with E-state index in [-0.39, 0.29) is 23.0 Å². The Balaban J connectivity index is 1.85. The van der Waals surface area contributed by atoms with Gasteiger partial charge in [-0.25, -0.2) is 8.42 Å². The molecule has 0 aliphatic heterocycles. The third kappa shape index (κ3) is 6.89. The van der Waals surface area contributed by atoms with Gasteiger partial charge in [-0.15, -0.1) is 0 Å². The lowest BCUT2D eigenvalue weighted by atomic mass is 10.1. The van der Waals surface area contributed by atoms with E-state index in [1.807, 2.05) is 0 Å². The van der Waals surface area contributed by atoms with Gasteiger partial charge in [0.1, 0.15) is 11.5 Å². The molecular formula is C24H23BrCl2N2O5S. The summed E-state index contributed by atoms with van der Waals surface area (Å²) in [4.78, 5) is 13.0. The highest BCUT2D eigenvalue weighted by Gasteiger charge is 2.27. The van der Waals surface area contributed by atoms with Gasteiger partial charge in [0.15, 0.2) is 0 Å². The van der Waals surface area contributed by atoms with Gasteiger partial charge in [-0.05, 0) is 54.1 Å². The molecule has 7 nitrogen and oxygen atoms in total. The number of hydrogen-bond acceptors (Lipinski definition) is 5. The quantitative estimate of drug-likeness (QED) is 0.342. The Bertz CT molecular complexity index is 1280. The van der Waals surface area contributed by atoms with Crippen molar-refractivity contribution >= 4 is 55.1 Å². The summed E-state index contributed by atoms with van der Waals surface area (Å²) in [6.45, 7) is -0.415. The van der Waals surface area contributed by atoms with Crippen molar-refractivity contribution < 1.29 is 22.7 Å². The van der Waals surface area contributed by atoms with Crippen molar-refractivity contribution in [2.75, 3.05) is 20.8 Å². The molecule has 0 atom stereocenters. The number of halogens is 3. The lowest BCUT2D eigenvalue weighted by molar-refractivity contribution is -0.121. The second-order valence-corrected chi connectivity index (χ2v) is 11.1. The van der Waals surface area contributed by atoms with Crippen LogP contribution in [0.15, 0.2) is 70.0 Å². The molecule has 3 aromatic rings. The van der Waals surface area contributed by atoms with Crippen LogP contribution in [0.4, 0.5) is 0 Å². The zero-order chi connectivity index (χ0) is 25.6. The van der Waals surface area contributed by atoms with E-state index < -0.39 is 22.5 Å². The summed E-state index contributed by atoms with van der Waals surface area (Å²) in [7, 11) is -0.981. The fourth-order valence-corrected chi connectivity index (χ4v) is 5.30. The largest absolute Gasteiger partial charge is 0.496 e. The number of sulfonamides is 1. The van der Waals surface area contributed by atoms with E-state index in [9.17, 15) is 13.2 Å². The number of hydrogen-bond donors (Lipinski definition) is 1. The summed E-state index contributed by atoms with van der Waals surface area (Å²) in [6, 6.07) is 16.3. The SMILES string of the molecule is COc1cccc(OC)c1CNC(=O)CN(Cc1ccc(Cl)c(Cl)c1)S(=O)(=O)c1ccc(Br)cc1. The molecule has 0 radical (unpaired) electrons. The first kappa shape index (κ1) is 27.3. The second kappa shape index (κ2) is 12.1. The van der Waals surface area contributed by atoms with Gasteiger partial charge < -0.3 is 14.8 Å². The number of benzene rings is 3. The molecule has 1 amide bonds. The Morgan fingerprint density at radius 2 is 1.60 bits per heavy atom. The van der Waals surface area contributed by atoms with E-state index in [1.165, 1.54) is 26.4 Å². The highest BCUT2D eigenvalue weighted by atomic mass is 79.9. The molecule has 0 saturated heterocycles. The van der Waals surface area contributed by atoms with Crippen LogP contribution < -0.4 is 14.8 Å². The van der Waals surface area contributed by atoms with Crippen LogP contribution in [0.2, 0.25) is 10.0 Å². The molecule has 0 unspecified atom stereocenters. The standard InChI is InChI=1S/C24H23BrCl2N2O5S/c1-33-22-4-3-5-23(34-2)19(22)13-28-24(30)15-29(14-16-6-11-20(26)21(27)12-16)35(31,32)18-9-7-17(25)8-10-18/h3-12H,13-15H2,1-2H3,(H,28,30). The van der Waals surface area contributed by atoms with Crippen molar-refractivity contribution in [1.82, 2.24) is 9.62 Å². The van der Waals surface area contributed by atoms with Gasteiger partial charge in [0, 0.05) is 11.0 Å². The first-order valence-corrected chi connectivity index (χ1v) is 13.3. The number of nitrogens with one attached hydrogen (secondary N) is 1. The van der Waals surface area contributed by atoms with Crippen LogP contribution in [0.5, 0.6) is 11.5 Å². The van der Waals surface area contributed by atoms with Gasteiger partial charge in [0.05, 0.1) is 47.8 Å². The van der Waals surface area contributed by atoms with Crippen LogP contribution in [0, 0.1) is 0 Å². The number of methoxy groups -OCH3 is 2. The maximum absolute atomic E-state index is 13.4. The highest BCUT2D eigenvalue weighted by molar-refractivity contribution is 9.10. The van der Waals surface area contributed by atoms with Crippen LogP contribution in [-0.4, -0.2) is 39.4 Å². The van der Waals surface area contributed by atoms with Crippen molar-refractivity contribution in [2.45, 2.75) is 18.0 Å². The average Bonchev–Trinajstić information content (AvgIpc) is 2.84. The first-order valence-electron chi connectivity index (χ1n) is 10.3. The summed E-state index contributed by atoms with van der Waals surface area (Å²) < 4.78 is 39.4. The first-order chi connectivity index (χ1) is 16.6. The third-order valence-electron chi connectivity index (χ3n) is 5.11. The Hall–Kier alpha value is -2.30. The Morgan fingerprint density at radius 3 is 2.17 bits per heavy atom. The molecule has 0 spiro atoms. The van der Waals surface area contributed by atoms with Crippen LogP contribution in [0.25, 0.3) is 0 Å². The van der Waals surface area contributed by atoms with Crippen LogP contribution in [-0.2, 0) is 27.9 Å². The number of amides is 1. The summed E-state index contributed by atoms with van der Waals surface area (Å²) >= 11 is 15.4. The van der Waals surface area contributed by atoms with E-state index >= 15 is 0 Å². The molecule has 11 heteroatoms. The fourth-order valence-electron chi connectivity index (χ4n) is 3.33. The molecule has 0 heterocycles. The van der Waals surface area contributed by atoms with E-state index in [0.29, 0.717) is 27.6 Å². The maximum atomic E-state index is 13.4. The topological polar surface area (TPSA) is 84.9 Å². The normalized spacial score (nSPS) is 11.4. The number of nitrogens with zero attached hydrogens (tertiary/aromatic N) is 1. The molecule has 35 heavy (non-hydrogen) atoms. The van der Waals surface area contributed by atoms with Gasteiger partial charge in [-0.2, -0.15) is 4.31 Å². The Kier molecular flexibility index (Phi) is 9.43. The minimum absolute atomic E-state index is 0.0555. The van der Waals surface area contributed by atoms with E-state index in [0.717, 1.165) is 8.78 Å². The van der Waals surface area contributed by atoms with E-state index in [4.69, 9.17) is 32.7 Å². The van der Waals surface area contributed by atoms with Crippen molar-refractivity contribution in [1.29, 1.82) is 0 Å². The minimum Gasteiger partial charge on any atom is -0.496 e. The van der Waals surface area contributed by atoms with E-state index in [2.05, 4.69) is 21.2 Å². The minimum atomic E-state index is -4.02. The summed E-state index contributed by atoms with van der Waals surface area (Å²) in [5.74, 6) is 0.582. The number of carbonyl (C=O) groups is 1. The molecular weight excluding hydrogens is 579 g/mol. The van der Waals surface area contributed by atoms with Crippen molar-refractivity contribution in [2.24, 2.45) is 0 Å². The zero-order valence-corrected chi connectivity index (χ0v) is 22.8. The molecule has 3 aromatic carbocycles. The summed E-state index contributed by atoms with van der Waals surface area (Å²) in [6.07, 6.45) is 0.